The van der Waals surface area contributed by atoms with Crippen LogP contribution in [0.15, 0.2) is 60.9 Å². The summed E-state index contributed by atoms with van der Waals surface area (Å²) in [6.07, 6.45) is 6.91. The minimum atomic E-state index is 0.115. The molecule has 1 aromatic heterocycles. The highest BCUT2D eigenvalue weighted by Gasteiger charge is 2.18. The van der Waals surface area contributed by atoms with Crippen LogP contribution in [-0.4, -0.2) is 40.9 Å². The molecule has 6 heteroatoms. The van der Waals surface area contributed by atoms with E-state index in [4.69, 9.17) is 16.6 Å². The van der Waals surface area contributed by atoms with E-state index in [1.54, 1.807) is 12.4 Å². The highest BCUT2D eigenvalue weighted by Crippen LogP contribution is 2.22. The van der Waals surface area contributed by atoms with Crippen molar-refractivity contribution in [3.05, 3.63) is 77.1 Å². The Morgan fingerprint density at radius 3 is 2.40 bits per heavy atom. The fourth-order valence-corrected chi connectivity index (χ4v) is 3.81. The van der Waals surface area contributed by atoms with Gasteiger partial charge in [-0.05, 0) is 49.1 Å². The number of amides is 1. The average Bonchev–Trinajstić information content (AvgIpc) is 2.81. The Bertz CT molecular complexity index is 998. The summed E-state index contributed by atoms with van der Waals surface area (Å²) in [6.45, 7) is 2.42. The lowest BCUT2D eigenvalue weighted by Gasteiger charge is -2.26. The third-order valence-corrected chi connectivity index (χ3v) is 5.67. The molecule has 5 nitrogen and oxygen atoms in total. The van der Waals surface area contributed by atoms with Crippen molar-refractivity contribution >= 4 is 23.3 Å². The van der Waals surface area contributed by atoms with Crippen molar-refractivity contribution in [3.63, 3.8) is 0 Å². The molecule has 2 heterocycles. The molecule has 0 atom stereocenters. The third-order valence-electron chi connectivity index (χ3n) is 5.42. The normalized spacial score (nSPS) is 13.9. The molecular weight excluding hydrogens is 396 g/mol. The number of carbonyl (C=O) groups is 1. The van der Waals surface area contributed by atoms with Crippen LogP contribution < -0.4 is 4.90 Å². The molecule has 4 rings (SSSR count). The number of hydrogen-bond donors (Lipinski definition) is 0. The van der Waals surface area contributed by atoms with Gasteiger partial charge in [-0.1, -0.05) is 35.9 Å². The summed E-state index contributed by atoms with van der Waals surface area (Å²) >= 11 is 5.97. The van der Waals surface area contributed by atoms with Gasteiger partial charge in [-0.3, -0.25) is 9.78 Å². The highest BCUT2D eigenvalue weighted by atomic mass is 35.5. The van der Waals surface area contributed by atoms with E-state index in [0.717, 1.165) is 59.2 Å². The van der Waals surface area contributed by atoms with Crippen molar-refractivity contribution in [3.8, 4) is 11.3 Å². The molecule has 1 saturated heterocycles. The lowest BCUT2D eigenvalue weighted by molar-refractivity contribution is 0.0724. The molecule has 1 aliphatic rings. The zero-order valence-electron chi connectivity index (χ0n) is 17.1. The minimum Gasteiger partial charge on any atom is -0.354 e. The van der Waals surface area contributed by atoms with Gasteiger partial charge in [-0.25, -0.2) is 4.98 Å². The van der Waals surface area contributed by atoms with Gasteiger partial charge in [0.15, 0.2) is 0 Å². The second kappa shape index (κ2) is 9.26. The van der Waals surface area contributed by atoms with Crippen molar-refractivity contribution in [1.29, 1.82) is 0 Å². The van der Waals surface area contributed by atoms with Crippen LogP contribution in [0, 0.1) is 0 Å². The Hall–Kier alpha value is -2.92. The maximum atomic E-state index is 12.7. The number of likely N-dealkylation sites (tertiary alicyclic amines) is 1. The largest absolute Gasteiger partial charge is 0.354 e. The summed E-state index contributed by atoms with van der Waals surface area (Å²) in [5.74, 6) is 0.903. The van der Waals surface area contributed by atoms with Crippen LogP contribution in [0.1, 0.15) is 35.2 Å². The number of piperidine rings is 1. The fourth-order valence-electron chi connectivity index (χ4n) is 3.69. The zero-order chi connectivity index (χ0) is 20.9. The Labute approximate surface area is 182 Å². The summed E-state index contributed by atoms with van der Waals surface area (Å²) in [7, 11) is 1.99. The van der Waals surface area contributed by atoms with E-state index in [9.17, 15) is 4.79 Å². The van der Waals surface area contributed by atoms with Crippen LogP contribution in [0.5, 0.6) is 0 Å². The number of rotatable bonds is 5. The zero-order valence-corrected chi connectivity index (χ0v) is 17.8. The van der Waals surface area contributed by atoms with Gasteiger partial charge in [0.05, 0.1) is 18.1 Å². The van der Waals surface area contributed by atoms with Crippen molar-refractivity contribution in [2.24, 2.45) is 0 Å². The summed E-state index contributed by atoms with van der Waals surface area (Å²) in [6, 6.07) is 15.5. The summed E-state index contributed by atoms with van der Waals surface area (Å²) < 4.78 is 0. The van der Waals surface area contributed by atoms with E-state index in [0.29, 0.717) is 6.54 Å². The Kier molecular flexibility index (Phi) is 6.29. The molecular formula is C24H25ClN4O. The Balaban J connectivity index is 1.47. The smallest absolute Gasteiger partial charge is 0.253 e. The Morgan fingerprint density at radius 2 is 1.70 bits per heavy atom. The van der Waals surface area contributed by atoms with Gasteiger partial charge in [0, 0.05) is 42.8 Å². The fraction of sp³-hybridized carbons (Fsp3) is 0.292. The standard InChI is InChI=1S/C24H25ClN4O/c1-28(17-18-5-11-21(25)12-6-18)23-16-26-15-22(27-23)19-7-9-20(10-8-19)24(30)29-13-3-2-4-14-29/h5-12,15-16H,2-4,13-14,17H2,1H3. The molecule has 154 valence electrons. The molecule has 0 spiro atoms. The van der Waals surface area contributed by atoms with E-state index in [1.165, 1.54) is 6.42 Å². The second-order valence-electron chi connectivity index (χ2n) is 7.68. The molecule has 0 aliphatic carbocycles. The summed E-state index contributed by atoms with van der Waals surface area (Å²) in [4.78, 5) is 25.8. The number of nitrogens with zero attached hydrogens (tertiary/aromatic N) is 4. The van der Waals surface area contributed by atoms with Crippen LogP contribution >= 0.6 is 11.6 Å². The van der Waals surface area contributed by atoms with Gasteiger partial charge in [0.2, 0.25) is 0 Å². The van der Waals surface area contributed by atoms with E-state index >= 15 is 0 Å². The maximum Gasteiger partial charge on any atom is 0.253 e. The van der Waals surface area contributed by atoms with E-state index < -0.39 is 0 Å². The van der Waals surface area contributed by atoms with E-state index in [2.05, 4.69) is 4.98 Å². The van der Waals surface area contributed by atoms with Crippen molar-refractivity contribution in [2.45, 2.75) is 25.8 Å². The molecule has 3 aromatic rings. The van der Waals surface area contributed by atoms with Gasteiger partial charge >= 0.3 is 0 Å². The molecule has 0 radical (unpaired) electrons. The lowest BCUT2D eigenvalue weighted by Crippen LogP contribution is -2.35. The predicted molar refractivity (Wildman–Crippen MR) is 121 cm³/mol. The highest BCUT2D eigenvalue weighted by molar-refractivity contribution is 6.30. The molecule has 30 heavy (non-hydrogen) atoms. The number of anilines is 1. The third kappa shape index (κ3) is 4.79. The first kappa shape index (κ1) is 20.4. The van der Waals surface area contributed by atoms with Gasteiger partial charge in [-0.15, -0.1) is 0 Å². The van der Waals surface area contributed by atoms with E-state index in [1.807, 2.05) is 65.4 Å². The molecule has 1 amide bonds. The lowest BCUT2D eigenvalue weighted by atomic mass is 10.1. The number of halogens is 1. The van der Waals surface area contributed by atoms with Crippen molar-refractivity contribution in [1.82, 2.24) is 14.9 Å². The first-order valence-corrected chi connectivity index (χ1v) is 10.7. The number of carbonyl (C=O) groups excluding carboxylic acids is 1. The number of aromatic nitrogens is 2. The van der Waals surface area contributed by atoms with Crippen molar-refractivity contribution in [2.75, 3.05) is 25.0 Å². The molecule has 0 N–H and O–H groups in total. The van der Waals surface area contributed by atoms with E-state index in [-0.39, 0.29) is 5.91 Å². The molecule has 0 bridgehead atoms. The van der Waals surface area contributed by atoms with Crippen LogP contribution in [0.3, 0.4) is 0 Å². The van der Waals surface area contributed by atoms with Gasteiger partial charge < -0.3 is 9.80 Å². The van der Waals surface area contributed by atoms with Gasteiger partial charge in [-0.2, -0.15) is 0 Å². The minimum absolute atomic E-state index is 0.115. The predicted octanol–water partition coefficient (Wildman–Crippen LogP) is 5.06. The molecule has 1 fully saturated rings. The monoisotopic (exact) mass is 420 g/mol. The van der Waals surface area contributed by atoms with Crippen LogP contribution in [0.2, 0.25) is 5.02 Å². The topological polar surface area (TPSA) is 49.3 Å². The maximum absolute atomic E-state index is 12.7. The van der Waals surface area contributed by atoms with Gasteiger partial charge in [0.1, 0.15) is 5.82 Å². The van der Waals surface area contributed by atoms with Crippen LogP contribution in [-0.2, 0) is 6.54 Å². The summed E-state index contributed by atoms with van der Waals surface area (Å²) in [5, 5.41) is 0.727. The van der Waals surface area contributed by atoms with Gasteiger partial charge in [0.25, 0.3) is 5.91 Å². The molecule has 2 aromatic carbocycles. The number of hydrogen-bond acceptors (Lipinski definition) is 4. The molecule has 0 unspecified atom stereocenters. The summed E-state index contributed by atoms with van der Waals surface area (Å²) in [5.41, 5.74) is 3.60. The second-order valence-corrected chi connectivity index (χ2v) is 8.11. The average molecular weight is 421 g/mol. The first-order valence-electron chi connectivity index (χ1n) is 10.3. The molecule has 1 aliphatic heterocycles. The van der Waals surface area contributed by atoms with Crippen LogP contribution in [0.4, 0.5) is 5.82 Å². The molecule has 0 saturated carbocycles. The van der Waals surface area contributed by atoms with Crippen molar-refractivity contribution < 1.29 is 4.79 Å². The quantitative estimate of drug-likeness (QED) is 0.578. The van der Waals surface area contributed by atoms with Crippen LogP contribution in [0.25, 0.3) is 11.3 Å². The number of benzene rings is 2. The SMILES string of the molecule is CN(Cc1ccc(Cl)cc1)c1cncc(-c2ccc(C(=O)N3CCCCC3)cc2)n1. The first-order chi connectivity index (χ1) is 14.6. The Morgan fingerprint density at radius 1 is 1.00 bits per heavy atom.